The molecular formula is C12H13NOS. The lowest BCUT2D eigenvalue weighted by molar-refractivity contribution is 0.527. The van der Waals surface area contributed by atoms with Crippen molar-refractivity contribution in [1.29, 1.82) is 0 Å². The van der Waals surface area contributed by atoms with Crippen LogP contribution in [0.25, 0.3) is 0 Å². The van der Waals surface area contributed by atoms with E-state index in [1.54, 1.807) is 18.0 Å². The third-order valence-corrected chi connectivity index (χ3v) is 3.23. The minimum Gasteiger partial charge on any atom is -0.468 e. The first-order valence-electron chi connectivity index (χ1n) is 4.74. The maximum absolute atomic E-state index is 5.79. The molecule has 0 aliphatic rings. The SMILES string of the molecule is Cc1cc(N)cc(Sc2ccoc2C)c1. The van der Waals surface area contributed by atoms with Crippen LogP contribution in [0, 0.1) is 13.8 Å². The molecule has 78 valence electrons. The van der Waals surface area contributed by atoms with E-state index in [2.05, 4.69) is 6.07 Å². The van der Waals surface area contributed by atoms with Gasteiger partial charge in [-0.2, -0.15) is 0 Å². The average Bonchev–Trinajstić information content (AvgIpc) is 2.50. The lowest BCUT2D eigenvalue weighted by Crippen LogP contribution is -1.86. The van der Waals surface area contributed by atoms with Gasteiger partial charge in [-0.3, -0.25) is 0 Å². The van der Waals surface area contributed by atoms with Crippen molar-refractivity contribution in [2.75, 3.05) is 5.73 Å². The van der Waals surface area contributed by atoms with Gasteiger partial charge in [-0.15, -0.1) is 0 Å². The highest BCUT2D eigenvalue weighted by Gasteiger charge is 2.04. The zero-order valence-corrected chi connectivity index (χ0v) is 9.60. The molecule has 0 radical (unpaired) electrons. The Balaban J connectivity index is 2.28. The molecule has 15 heavy (non-hydrogen) atoms. The van der Waals surface area contributed by atoms with Crippen LogP contribution in [0.1, 0.15) is 11.3 Å². The van der Waals surface area contributed by atoms with Crippen LogP contribution in [-0.4, -0.2) is 0 Å². The van der Waals surface area contributed by atoms with Crippen molar-refractivity contribution in [1.82, 2.24) is 0 Å². The fourth-order valence-corrected chi connectivity index (χ4v) is 2.45. The Hall–Kier alpha value is -1.35. The second-order valence-corrected chi connectivity index (χ2v) is 4.64. The zero-order valence-electron chi connectivity index (χ0n) is 8.78. The number of furan rings is 1. The summed E-state index contributed by atoms with van der Waals surface area (Å²) in [5.41, 5.74) is 7.77. The highest BCUT2D eigenvalue weighted by molar-refractivity contribution is 7.99. The van der Waals surface area contributed by atoms with Gasteiger partial charge >= 0.3 is 0 Å². The molecule has 0 unspecified atom stereocenters. The first-order chi connectivity index (χ1) is 7.15. The fourth-order valence-electron chi connectivity index (χ4n) is 1.44. The van der Waals surface area contributed by atoms with Crippen molar-refractivity contribution >= 4 is 17.4 Å². The molecule has 0 atom stereocenters. The van der Waals surface area contributed by atoms with Gasteiger partial charge in [-0.05, 0) is 43.7 Å². The minimum absolute atomic E-state index is 0.804. The Morgan fingerprint density at radius 3 is 2.60 bits per heavy atom. The summed E-state index contributed by atoms with van der Waals surface area (Å²) in [6.07, 6.45) is 1.71. The van der Waals surface area contributed by atoms with Crippen LogP contribution in [0.15, 0.2) is 44.7 Å². The van der Waals surface area contributed by atoms with Crippen LogP contribution in [0.4, 0.5) is 5.69 Å². The first-order valence-corrected chi connectivity index (χ1v) is 5.56. The Morgan fingerprint density at radius 2 is 2.00 bits per heavy atom. The van der Waals surface area contributed by atoms with E-state index in [-0.39, 0.29) is 0 Å². The van der Waals surface area contributed by atoms with Gasteiger partial charge in [0.05, 0.1) is 11.2 Å². The Morgan fingerprint density at radius 1 is 1.20 bits per heavy atom. The van der Waals surface area contributed by atoms with Gasteiger partial charge in [-0.1, -0.05) is 11.8 Å². The molecule has 0 aliphatic carbocycles. The smallest absolute Gasteiger partial charge is 0.114 e. The summed E-state index contributed by atoms with van der Waals surface area (Å²) in [5, 5.41) is 0. The van der Waals surface area contributed by atoms with Gasteiger partial charge in [-0.25, -0.2) is 0 Å². The van der Waals surface area contributed by atoms with Crippen molar-refractivity contribution in [2.45, 2.75) is 23.6 Å². The van der Waals surface area contributed by atoms with Crippen molar-refractivity contribution in [3.05, 3.63) is 41.9 Å². The number of anilines is 1. The van der Waals surface area contributed by atoms with Gasteiger partial charge in [0.2, 0.25) is 0 Å². The van der Waals surface area contributed by atoms with Crippen molar-refractivity contribution in [3.63, 3.8) is 0 Å². The van der Waals surface area contributed by atoms with Crippen LogP contribution in [0.3, 0.4) is 0 Å². The monoisotopic (exact) mass is 219 g/mol. The highest BCUT2D eigenvalue weighted by Crippen LogP contribution is 2.32. The van der Waals surface area contributed by atoms with Crippen LogP contribution >= 0.6 is 11.8 Å². The molecule has 0 saturated heterocycles. The zero-order chi connectivity index (χ0) is 10.8. The minimum atomic E-state index is 0.804. The molecule has 1 heterocycles. The number of rotatable bonds is 2. The molecule has 2 nitrogen and oxygen atoms in total. The number of hydrogen-bond acceptors (Lipinski definition) is 3. The molecule has 1 aromatic carbocycles. The second kappa shape index (κ2) is 4.03. The molecule has 0 saturated carbocycles. The summed E-state index contributed by atoms with van der Waals surface area (Å²) in [6, 6.07) is 8.03. The Bertz CT molecular complexity index is 456. The number of benzene rings is 1. The predicted molar refractivity (Wildman–Crippen MR) is 63.2 cm³/mol. The summed E-state index contributed by atoms with van der Waals surface area (Å²) < 4.78 is 5.25. The summed E-state index contributed by atoms with van der Waals surface area (Å²) in [5.74, 6) is 0.945. The molecule has 1 aromatic heterocycles. The molecular weight excluding hydrogens is 206 g/mol. The van der Waals surface area contributed by atoms with E-state index in [0.717, 1.165) is 21.2 Å². The molecule has 3 heteroatoms. The molecule has 0 aliphatic heterocycles. The second-order valence-electron chi connectivity index (χ2n) is 3.52. The predicted octanol–water partition coefficient (Wildman–Crippen LogP) is 3.63. The largest absolute Gasteiger partial charge is 0.468 e. The fraction of sp³-hybridized carbons (Fsp3) is 0.167. The van der Waals surface area contributed by atoms with Crippen molar-refractivity contribution < 1.29 is 4.42 Å². The van der Waals surface area contributed by atoms with Gasteiger partial charge in [0, 0.05) is 10.6 Å². The number of hydrogen-bond donors (Lipinski definition) is 1. The van der Waals surface area contributed by atoms with Crippen molar-refractivity contribution in [2.24, 2.45) is 0 Å². The van der Waals surface area contributed by atoms with Gasteiger partial charge in [0.1, 0.15) is 5.76 Å². The average molecular weight is 219 g/mol. The molecule has 0 fully saturated rings. The van der Waals surface area contributed by atoms with E-state index in [1.807, 2.05) is 32.0 Å². The first kappa shape index (κ1) is 10.2. The van der Waals surface area contributed by atoms with Gasteiger partial charge in [0.15, 0.2) is 0 Å². The molecule has 2 N–H and O–H groups in total. The number of nitrogens with two attached hydrogens (primary N) is 1. The molecule has 2 rings (SSSR count). The summed E-state index contributed by atoms with van der Waals surface area (Å²) in [4.78, 5) is 2.29. The normalized spacial score (nSPS) is 10.5. The standard InChI is InChI=1S/C12H13NOS/c1-8-5-10(13)7-11(6-8)15-12-3-4-14-9(12)2/h3-7H,13H2,1-2H3. The quantitative estimate of drug-likeness (QED) is 0.784. The lowest BCUT2D eigenvalue weighted by atomic mass is 10.2. The van der Waals surface area contributed by atoms with Gasteiger partial charge in [0.25, 0.3) is 0 Å². The van der Waals surface area contributed by atoms with Crippen molar-refractivity contribution in [3.8, 4) is 0 Å². The summed E-state index contributed by atoms with van der Waals surface area (Å²) in [6.45, 7) is 4.00. The summed E-state index contributed by atoms with van der Waals surface area (Å²) in [7, 11) is 0. The topological polar surface area (TPSA) is 39.2 Å². The summed E-state index contributed by atoms with van der Waals surface area (Å²) >= 11 is 1.68. The van der Waals surface area contributed by atoms with E-state index in [9.17, 15) is 0 Å². The van der Waals surface area contributed by atoms with E-state index in [0.29, 0.717) is 0 Å². The molecule has 2 aromatic rings. The lowest BCUT2D eigenvalue weighted by Gasteiger charge is -2.03. The van der Waals surface area contributed by atoms with Crippen LogP contribution in [0.5, 0.6) is 0 Å². The Labute approximate surface area is 93.5 Å². The van der Waals surface area contributed by atoms with E-state index >= 15 is 0 Å². The molecule has 0 bridgehead atoms. The van der Waals surface area contributed by atoms with Crippen LogP contribution < -0.4 is 5.73 Å². The molecule has 0 amide bonds. The maximum Gasteiger partial charge on any atom is 0.114 e. The number of aryl methyl sites for hydroxylation is 2. The van der Waals surface area contributed by atoms with E-state index in [4.69, 9.17) is 10.2 Å². The van der Waals surface area contributed by atoms with Crippen LogP contribution in [0.2, 0.25) is 0 Å². The third kappa shape index (κ3) is 2.36. The molecule has 0 spiro atoms. The maximum atomic E-state index is 5.79. The van der Waals surface area contributed by atoms with Crippen LogP contribution in [-0.2, 0) is 0 Å². The van der Waals surface area contributed by atoms with E-state index < -0.39 is 0 Å². The van der Waals surface area contributed by atoms with Gasteiger partial charge < -0.3 is 10.2 Å². The highest BCUT2D eigenvalue weighted by atomic mass is 32.2. The Kier molecular flexibility index (Phi) is 2.73. The number of nitrogen functional groups attached to an aromatic ring is 1. The van der Waals surface area contributed by atoms with E-state index in [1.165, 1.54) is 5.56 Å². The third-order valence-electron chi connectivity index (χ3n) is 2.11.